The first-order valence-corrected chi connectivity index (χ1v) is 9.41. The molecule has 0 saturated heterocycles. The molecule has 27 heavy (non-hydrogen) atoms. The number of nitrogens with one attached hydrogen (secondary N) is 1. The second-order valence-corrected chi connectivity index (χ2v) is 7.02. The van der Waals surface area contributed by atoms with E-state index in [0.717, 1.165) is 23.4 Å². The zero-order valence-electron chi connectivity index (χ0n) is 16.5. The third-order valence-electron chi connectivity index (χ3n) is 4.86. The van der Waals surface area contributed by atoms with Gasteiger partial charge in [-0.15, -0.1) is 0 Å². The fourth-order valence-electron chi connectivity index (χ4n) is 3.62. The van der Waals surface area contributed by atoms with E-state index in [9.17, 15) is 4.79 Å². The number of para-hydroxylation sites is 2. The first-order chi connectivity index (χ1) is 13.0. The molecule has 4 nitrogen and oxygen atoms in total. The van der Waals surface area contributed by atoms with E-state index >= 15 is 0 Å². The highest BCUT2D eigenvalue weighted by molar-refractivity contribution is 5.87. The number of nitrogens with zero attached hydrogens (tertiary/aromatic N) is 2. The van der Waals surface area contributed by atoms with Crippen molar-refractivity contribution < 1.29 is 4.79 Å². The Bertz CT molecular complexity index is 975. The summed E-state index contributed by atoms with van der Waals surface area (Å²) in [5.41, 5.74) is 7.36. The summed E-state index contributed by atoms with van der Waals surface area (Å²) >= 11 is 0. The van der Waals surface area contributed by atoms with E-state index in [4.69, 9.17) is 4.98 Å². The van der Waals surface area contributed by atoms with E-state index < -0.39 is 0 Å². The summed E-state index contributed by atoms with van der Waals surface area (Å²) in [5.74, 6) is 0.932. The van der Waals surface area contributed by atoms with Crippen LogP contribution in [-0.2, 0) is 17.8 Å². The van der Waals surface area contributed by atoms with Crippen LogP contribution in [0.4, 0.5) is 0 Å². The average molecular weight is 361 g/mol. The maximum Gasteiger partial charge on any atom is 0.243 e. The Morgan fingerprint density at radius 3 is 2.56 bits per heavy atom. The number of allylic oxidation sites excluding steroid dienone is 1. The predicted molar refractivity (Wildman–Crippen MR) is 111 cm³/mol. The Hall–Kier alpha value is -2.88. The first-order valence-electron chi connectivity index (χ1n) is 9.41. The van der Waals surface area contributed by atoms with Gasteiger partial charge in [-0.3, -0.25) is 4.79 Å². The maximum absolute atomic E-state index is 11.7. The summed E-state index contributed by atoms with van der Waals surface area (Å²) in [5, 5.41) is 2.92. The van der Waals surface area contributed by atoms with Gasteiger partial charge in [-0.05, 0) is 62.6 Å². The largest absolute Gasteiger partial charge is 0.352 e. The quantitative estimate of drug-likeness (QED) is 0.668. The second-order valence-electron chi connectivity index (χ2n) is 7.02. The molecule has 1 aromatic heterocycles. The van der Waals surface area contributed by atoms with Crippen LogP contribution in [-0.4, -0.2) is 22.0 Å². The summed E-state index contributed by atoms with van der Waals surface area (Å²) in [6, 6.07) is 12.7. The van der Waals surface area contributed by atoms with Crippen LogP contribution in [0.2, 0.25) is 0 Å². The smallest absolute Gasteiger partial charge is 0.243 e. The molecule has 3 rings (SSSR count). The van der Waals surface area contributed by atoms with Gasteiger partial charge in [0.2, 0.25) is 5.91 Å². The van der Waals surface area contributed by atoms with Gasteiger partial charge in [0.15, 0.2) is 0 Å². The molecule has 1 heterocycles. The van der Waals surface area contributed by atoms with Gasteiger partial charge in [0, 0.05) is 19.5 Å². The maximum atomic E-state index is 11.7. The second kappa shape index (κ2) is 8.21. The van der Waals surface area contributed by atoms with Crippen molar-refractivity contribution in [2.24, 2.45) is 0 Å². The van der Waals surface area contributed by atoms with Crippen molar-refractivity contribution >= 4 is 16.9 Å². The van der Waals surface area contributed by atoms with Crippen LogP contribution in [0.5, 0.6) is 0 Å². The van der Waals surface area contributed by atoms with Gasteiger partial charge in [0.05, 0.1) is 11.0 Å². The molecule has 1 amide bonds. The van der Waals surface area contributed by atoms with Gasteiger partial charge in [-0.25, -0.2) is 4.98 Å². The van der Waals surface area contributed by atoms with Crippen LogP contribution in [0.3, 0.4) is 0 Å². The molecule has 0 saturated carbocycles. The molecule has 0 spiro atoms. The lowest BCUT2D eigenvalue weighted by Crippen LogP contribution is -2.24. The lowest BCUT2D eigenvalue weighted by atomic mass is 9.99. The fourth-order valence-corrected chi connectivity index (χ4v) is 3.62. The molecule has 2 aromatic carbocycles. The number of carbonyl (C=O) groups excluding carboxylic acids is 1. The van der Waals surface area contributed by atoms with Crippen molar-refractivity contribution in [3.05, 3.63) is 76.6 Å². The van der Waals surface area contributed by atoms with Crippen LogP contribution >= 0.6 is 0 Å². The minimum atomic E-state index is -0.0645. The number of hydrogen-bond donors (Lipinski definition) is 1. The van der Waals surface area contributed by atoms with Crippen LogP contribution in [0.15, 0.2) is 48.6 Å². The van der Waals surface area contributed by atoms with E-state index in [-0.39, 0.29) is 5.91 Å². The molecular formula is C23H27N3O. The highest BCUT2D eigenvalue weighted by Crippen LogP contribution is 2.22. The first kappa shape index (κ1) is 18.9. The SMILES string of the molecule is C/C=C/C(=O)NCCc1nc2ccccc2n1Cc1c(C)cc(C)cc1C. The van der Waals surface area contributed by atoms with Gasteiger partial charge >= 0.3 is 0 Å². The van der Waals surface area contributed by atoms with E-state index in [1.807, 2.05) is 25.1 Å². The molecule has 0 aliphatic carbocycles. The van der Waals surface area contributed by atoms with Crippen LogP contribution in [0.25, 0.3) is 11.0 Å². The van der Waals surface area contributed by atoms with Crippen LogP contribution < -0.4 is 5.32 Å². The Balaban J connectivity index is 1.92. The molecule has 0 aliphatic rings. The van der Waals surface area contributed by atoms with Gasteiger partial charge in [0.25, 0.3) is 0 Å². The minimum absolute atomic E-state index is 0.0645. The van der Waals surface area contributed by atoms with Gasteiger partial charge in [0.1, 0.15) is 5.82 Å². The molecule has 1 N–H and O–H groups in total. The molecule has 0 fully saturated rings. The lowest BCUT2D eigenvalue weighted by molar-refractivity contribution is -0.116. The molecular weight excluding hydrogens is 334 g/mol. The molecule has 0 radical (unpaired) electrons. The Morgan fingerprint density at radius 2 is 1.85 bits per heavy atom. The molecule has 0 bridgehead atoms. The van der Waals surface area contributed by atoms with E-state index in [1.165, 1.54) is 22.3 Å². The number of aryl methyl sites for hydroxylation is 3. The summed E-state index contributed by atoms with van der Waals surface area (Å²) < 4.78 is 2.28. The summed E-state index contributed by atoms with van der Waals surface area (Å²) in [6.07, 6.45) is 3.98. The normalized spacial score (nSPS) is 11.4. The van der Waals surface area contributed by atoms with Crippen molar-refractivity contribution in [3.8, 4) is 0 Å². The molecule has 0 atom stereocenters. The number of aromatic nitrogens is 2. The fraction of sp³-hybridized carbons (Fsp3) is 0.304. The Morgan fingerprint density at radius 1 is 1.15 bits per heavy atom. The number of hydrogen-bond acceptors (Lipinski definition) is 2. The molecule has 140 valence electrons. The summed E-state index contributed by atoms with van der Waals surface area (Å²) in [4.78, 5) is 16.5. The molecule has 0 unspecified atom stereocenters. The zero-order valence-corrected chi connectivity index (χ0v) is 16.5. The zero-order chi connectivity index (χ0) is 19.4. The monoisotopic (exact) mass is 361 g/mol. The Labute approximate surface area is 160 Å². The number of benzene rings is 2. The topological polar surface area (TPSA) is 46.9 Å². The number of imidazole rings is 1. The number of carbonyl (C=O) groups is 1. The average Bonchev–Trinajstić information content (AvgIpc) is 2.95. The number of amides is 1. The third kappa shape index (κ3) is 4.27. The third-order valence-corrected chi connectivity index (χ3v) is 4.86. The standard InChI is InChI=1S/C23H27N3O/c1-5-8-23(27)24-12-11-22-25-20-9-6-7-10-21(20)26(22)15-19-17(3)13-16(2)14-18(19)4/h5-10,13-14H,11-12,15H2,1-4H3,(H,24,27)/b8-5+. The highest BCUT2D eigenvalue weighted by Gasteiger charge is 2.13. The van der Waals surface area contributed by atoms with Crippen molar-refractivity contribution in [1.82, 2.24) is 14.9 Å². The van der Waals surface area contributed by atoms with Crippen LogP contribution in [0, 0.1) is 20.8 Å². The Kier molecular flexibility index (Phi) is 5.75. The molecule has 3 aromatic rings. The van der Waals surface area contributed by atoms with Gasteiger partial charge < -0.3 is 9.88 Å². The summed E-state index contributed by atoms with van der Waals surface area (Å²) in [6.45, 7) is 9.67. The minimum Gasteiger partial charge on any atom is -0.352 e. The summed E-state index contributed by atoms with van der Waals surface area (Å²) in [7, 11) is 0. The number of fused-ring (bicyclic) bond motifs is 1. The van der Waals surface area contributed by atoms with E-state index in [0.29, 0.717) is 13.0 Å². The van der Waals surface area contributed by atoms with E-state index in [2.05, 4.69) is 48.9 Å². The van der Waals surface area contributed by atoms with Crippen molar-refractivity contribution in [2.45, 2.75) is 40.7 Å². The van der Waals surface area contributed by atoms with E-state index in [1.54, 1.807) is 12.2 Å². The van der Waals surface area contributed by atoms with Crippen molar-refractivity contribution in [2.75, 3.05) is 6.54 Å². The lowest BCUT2D eigenvalue weighted by Gasteiger charge is -2.15. The highest BCUT2D eigenvalue weighted by atomic mass is 16.1. The van der Waals surface area contributed by atoms with Gasteiger partial charge in [-0.2, -0.15) is 0 Å². The van der Waals surface area contributed by atoms with Crippen molar-refractivity contribution in [1.29, 1.82) is 0 Å². The molecule has 4 heteroatoms. The van der Waals surface area contributed by atoms with Crippen LogP contribution in [0.1, 0.15) is 35.0 Å². The van der Waals surface area contributed by atoms with Gasteiger partial charge in [-0.1, -0.05) is 35.9 Å². The van der Waals surface area contributed by atoms with Crippen molar-refractivity contribution in [3.63, 3.8) is 0 Å². The predicted octanol–water partition coefficient (Wildman–Crippen LogP) is 4.24. The number of rotatable bonds is 6. The molecule has 0 aliphatic heterocycles.